The maximum atomic E-state index is 11.6. The number of carbonyl (C=O) groups is 1. The van der Waals surface area contributed by atoms with Crippen molar-refractivity contribution in [1.29, 1.82) is 0 Å². The van der Waals surface area contributed by atoms with Gasteiger partial charge in [0.25, 0.3) is 10.3 Å². The van der Waals surface area contributed by atoms with Crippen LogP contribution in [0, 0.1) is 0 Å². The van der Waals surface area contributed by atoms with Gasteiger partial charge in [0.1, 0.15) is 0 Å². The SMILES string of the molecule is O=C1CCc2cccc(OC(CCCc3ccccc3)=S(=O)=O)c2N1. The van der Waals surface area contributed by atoms with E-state index in [1.807, 2.05) is 36.4 Å². The van der Waals surface area contributed by atoms with Gasteiger partial charge < -0.3 is 10.1 Å². The van der Waals surface area contributed by atoms with E-state index in [1.54, 1.807) is 12.1 Å². The Hall–Kier alpha value is -2.60. The Morgan fingerprint density at radius 2 is 1.84 bits per heavy atom. The van der Waals surface area contributed by atoms with Crippen LogP contribution < -0.4 is 10.1 Å². The van der Waals surface area contributed by atoms with Crippen molar-refractivity contribution in [3.8, 4) is 5.75 Å². The van der Waals surface area contributed by atoms with Gasteiger partial charge in [-0.2, -0.15) is 8.42 Å². The Balaban J connectivity index is 1.71. The standard InChI is InChI=1S/C19H19NO4S/c21-17-13-12-15-9-5-10-16(19(15)20-17)24-18(25(22)23)11-4-8-14-6-2-1-3-7-14/h1-3,5-7,9-10H,4,8,11-13H2,(H,20,21). The van der Waals surface area contributed by atoms with Gasteiger partial charge in [-0.05, 0) is 36.5 Å². The lowest BCUT2D eigenvalue weighted by molar-refractivity contribution is -0.116. The van der Waals surface area contributed by atoms with Crippen LogP contribution in [0.2, 0.25) is 0 Å². The third-order valence-corrected chi connectivity index (χ3v) is 4.76. The molecule has 1 aliphatic heterocycles. The summed E-state index contributed by atoms with van der Waals surface area (Å²) in [7, 11) is -2.44. The quantitative estimate of drug-likeness (QED) is 0.835. The van der Waals surface area contributed by atoms with Gasteiger partial charge >= 0.3 is 0 Å². The molecular weight excluding hydrogens is 338 g/mol. The van der Waals surface area contributed by atoms with E-state index in [4.69, 9.17) is 4.74 Å². The van der Waals surface area contributed by atoms with Crippen LogP contribution in [0.25, 0.3) is 0 Å². The molecule has 0 atom stereocenters. The number of hydrogen-bond donors (Lipinski definition) is 1. The minimum Gasteiger partial charge on any atom is -0.443 e. The summed E-state index contributed by atoms with van der Waals surface area (Å²) in [6.45, 7) is 0. The minimum absolute atomic E-state index is 0.0100. The third kappa shape index (κ3) is 4.48. The van der Waals surface area contributed by atoms with Gasteiger partial charge in [-0.15, -0.1) is 0 Å². The molecule has 3 rings (SSSR count). The van der Waals surface area contributed by atoms with Gasteiger partial charge in [-0.25, -0.2) is 0 Å². The van der Waals surface area contributed by atoms with Crippen molar-refractivity contribution >= 4 is 26.9 Å². The smallest absolute Gasteiger partial charge is 0.253 e. The Labute approximate surface area is 148 Å². The zero-order valence-electron chi connectivity index (χ0n) is 13.7. The predicted octanol–water partition coefficient (Wildman–Crippen LogP) is 2.98. The van der Waals surface area contributed by atoms with Crippen LogP contribution in [0.5, 0.6) is 5.75 Å². The van der Waals surface area contributed by atoms with Gasteiger partial charge in [0.2, 0.25) is 11.0 Å². The summed E-state index contributed by atoms with van der Waals surface area (Å²) in [5.74, 6) is 0.293. The first kappa shape index (κ1) is 17.2. The van der Waals surface area contributed by atoms with E-state index in [0.717, 1.165) is 17.5 Å². The second-order valence-corrected chi connectivity index (χ2v) is 6.81. The summed E-state index contributed by atoms with van der Waals surface area (Å²) in [5.41, 5.74) is 2.69. The van der Waals surface area contributed by atoms with Crippen molar-refractivity contribution in [2.45, 2.75) is 32.1 Å². The number of ether oxygens (including phenoxy) is 1. The van der Waals surface area contributed by atoms with Crippen molar-refractivity contribution in [2.24, 2.45) is 0 Å². The molecule has 1 aliphatic rings. The molecule has 0 saturated carbocycles. The first-order valence-electron chi connectivity index (χ1n) is 8.22. The molecule has 1 amide bonds. The molecule has 0 unspecified atom stereocenters. The molecule has 5 nitrogen and oxygen atoms in total. The predicted molar refractivity (Wildman–Crippen MR) is 97.3 cm³/mol. The fourth-order valence-electron chi connectivity index (χ4n) is 2.83. The van der Waals surface area contributed by atoms with Crippen molar-refractivity contribution in [3.63, 3.8) is 0 Å². The Morgan fingerprint density at radius 1 is 1.04 bits per heavy atom. The zero-order valence-corrected chi connectivity index (χ0v) is 14.5. The number of para-hydroxylation sites is 1. The van der Waals surface area contributed by atoms with E-state index < -0.39 is 10.3 Å². The van der Waals surface area contributed by atoms with Crippen LogP contribution in [0.15, 0.2) is 48.5 Å². The molecule has 0 radical (unpaired) electrons. The minimum atomic E-state index is -2.44. The number of rotatable bonds is 5. The molecule has 2 aromatic rings. The molecule has 0 spiro atoms. The maximum Gasteiger partial charge on any atom is 0.253 e. The molecule has 2 aromatic carbocycles. The molecular formula is C19H19NO4S. The number of aryl methyl sites for hydroxylation is 2. The van der Waals surface area contributed by atoms with Gasteiger partial charge in [0.15, 0.2) is 5.75 Å². The van der Waals surface area contributed by atoms with Crippen LogP contribution in [-0.2, 0) is 27.9 Å². The molecule has 1 heterocycles. The fourth-order valence-corrected chi connectivity index (χ4v) is 3.30. The van der Waals surface area contributed by atoms with Gasteiger partial charge in [0.05, 0.1) is 5.69 Å². The van der Waals surface area contributed by atoms with E-state index in [9.17, 15) is 13.2 Å². The van der Waals surface area contributed by atoms with Crippen LogP contribution in [-0.4, -0.2) is 19.4 Å². The lowest BCUT2D eigenvalue weighted by atomic mass is 10.0. The lowest BCUT2D eigenvalue weighted by Gasteiger charge is -2.20. The average Bonchev–Trinajstić information content (AvgIpc) is 2.62. The van der Waals surface area contributed by atoms with Crippen molar-refractivity contribution in [1.82, 2.24) is 0 Å². The Morgan fingerprint density at radius 3 is 2.60 bits per heavy atom. The van der Waals surface area contributed by atoms with Gasteiger partial charge in [-0.3, -0.25) is 4.79 Å². The van der Waals surface area contributed by atoms with Crippen LogP contribution in [0.1, 0.15) is 30.4 Å². The van der Waals surface area contributed by atoms with Crippen molar-refractivity contribution in [2.75, 3.05) is 5.32 Å². The third-order valence-electron chi connectivity index (χ3n) is 4.10. The number of fused-ring (bicyclic) bond motifs is 1. The Bertz CT molecular complexity index is 896. The van der Waals surface area contributed by atoms with E-state index in [-0.39, 0.29) is 11.0 Å². The van der Waals surface area contributed by atoms with E-state index >= 15 is 0 Å². The highest BCUT2D eigenvalue weighted by Crippen LogP contribution is 2.32. The van der Waals surface area contributed by atoms with Crippen LogP contribution in [0.4, 0.5) is 5.69 Å². The number of carbonyl (C=O) groups excluding carboxylic acids is 1. The van der Waals surface area contributed by atoms with Crippen LogP contribution >= 0.6 is 0 Å². The largest absolute Gasteiger partial charge is 0.443 e. The summed E-state index contributed by atoms with van der Waals surface area (Å²) < 4.78 is 28.7. The second kappa shape index (κ2) is 7.98. The lowest BCUT2D eigenvalue weighted by Crippen LogP contribution is -2.21. The summed E-state index contributed by atoms with van der Waals surface area (Å²) in [5, 5.41) is 2.77. The molecule has 0 aromatic heterocycles. The highest BCUT2D eigenvalue weighted by atomic mass is 32.2. The molecule has 0 bridgehead atoms. The summed E-state index contributed by atoms with van der Waals surface area (Å²) >= 11 is 0. The number of nitrogens with one attached hydrogen (secondary N) is 1. The second-order valence-electron chi connectivity index (χ2n) is 5.89. The zero-order chi connectivity index (χ0) is 17.6. The summed E-state index contributed by atoms with van der Waals surface area (Å²) in [6, 6.07) is 15.3. The first-order chi connectivity index (χ1) is 12.1. The molecule has 25 heavy (non-hydrogen) atoms. The molecule has 0 aliphatic carbocycles. The monoisotopic (exact) mass is 357 g/mol. The van der Waals surface area contributed by atoms with E-state index in [2.05, 4.69) is 5.32 Å². The average molecular weight is 357 g/mol. The number of amides is 1. The molecule has 0 fully saturated rings. The maximum absolute atomic E-state index is 11.6. The molecule has 130 valence electrons. The summed E-state index contributed by atoms with van der Waals surface area (Å²) in [6.07, 6.45) is 2.80. The van der Waals surface area contributed by atoms with Gasteiger partial charge in [-0.1, -0.05) is 42.5 Å². The number of hydrogen-bond acceptors (Lipinski definition) is 4. The highest BCUT2D eigenvalue weighted by molar-refractivity contribution is 7.72. The van der Waals surface area contributed by atoms with Gasteiger partial charge in [0, 0.05) is 12.8 Å². The highest BCUT2D eigenvalue weighted by Gasteiger charge is 2.19. The topological polar surface area (TPSA) is 72.5 Å². The normalized spacial score (nSPS) is 12.9. The molecule has 0 saturated heterocycles. The van der Waals surface area contributed by atoms with E-state index in [0.29, 0.717) is 37.1 Å². The van der Waals surface area contributed by atoms with Crippen molar-refractivity contribution < 1.29 is 17.9 Å². The fraction of sp³-hybridized carbons (Fsp3) is 0.263. The number of benzene rings is 2. The van der Waals surface area contributed by atoms with Crippen LogP contribution in [0.3, 0.4) is 0 Å². The van der Waals surface area contributed by atoms with Crippen molar-refractivity contribution in [3.05, 3.63) is 59.7 Å². The number of anilines is 1. The Kier molecular flexibility index (Phi) is 5.50. The summed E-state index contributed by atoms with van der Waals surface area (Å²) in [4.78, 5) is 11.6. The molecule has 6 heteroatoms. The molecule has 1 N–H and O–H groups in total. The first-order valence-corrected chi connectivity index (χ1v) is 9.29. The van der Waals surface area contributed by atoms with E-state index in [1.165, 1.54) is 0 Å².